The molecule has 4 heterocycles. The van der Waals surface area contributed by atoms with Crippen LogP contribution < -0.4 is 10.5 Å². The van der Waals surface area contributed by atoms with Crippen molar-refractivity contribution >= 4 is 44.5 Å². The van der Waals surface area contributed by atoms with Crippen molar-refractivity contribution in [3.63, 3.8) is 0 Å². The summed E-state index contributed by atoms with van der Waals surface area (Å²) in [6.07, 6.45) is 0. The predicted octanol–water partition coefficient (Wildman–Crippen LogP) is 4.00. The molecule has 0 radical (unpaired) electrons. The topological polar surface area (TPSA) is 67.7 Å². The summed E-state index contributed by atoms with van der Waals surface area (Å²) < 4.78 is 21.5. The van der Waals surface area contributed by atoms with Gasteiger partial charge in [-0.3, -0.25) is 19.1 Å². The molecule has 10 heteroatoms. The van der Waals surface area contributed by atoms with E-state index in [-0.39, 0.29) is 23.7 Å². The minimum atomic E-state index is -0.474. The number of morpholine rings is 1. The quantitative estimate of drug-likeness (QED) is 0.375. The van der Waals surface area contributed by atoms with E-state index in [9.17, 15) is 14.0 Å². The molecule has 0 spiro atoms. The zero-order valence-electron chi connectivity index (χ0n) is 19.3. The van der Waals surface area contributed by atoms with Gasteiger partial charge in [-0.25, -0.2) is 9.37 Å². The van der Waals surface area contributed by atoms with Crippen LogP contribution in [0.5, 0.6) is 0 Å². The first-order valence-corrected chi connectivity index (χ1v) is 13.2. The Hall–Kier alpha value is -2.92. The Bertz CT molecular complexity index is 1390. The molecule has 1 aliphatic heterocycles. The Morgan fingerprint density at radius 3 is 2.71 bits per heavy atom. The van der Waals surface area contributed by atoms with Crippen LogP contribution in [0.2, 0.25) is 0 Å². The monoisotopic (exact) mass is 512 g/mol. The average molecular weight is 513 g/mol. The lowest BCUT2D eigenvalue weighted by atomic mass is 10.2. The number of anilines is 1. The van der Waals surface area contributed by atoms with Crippen molar-refractivity contribution in [2.75, 3.05) is 44.3 Å². The van der Waals surface area contributed by atoms with Gasteiger partial charge in [-0.05, 0) is 30.5 Å². The van der Waals surface area contributed by atoms with Crippen LogP contribution >= 0.6 is 22.7 Å². The van der Waals surface area contributed by atoms with E-state index in [1.165, 1.54) is 26.9 Å². The number of fused-ring (bicyclic) bond motifs is 1. The molecule has 5 rings (SSSR count). The van der Waals surface area contributed by atoms with Crippen LogP contribution in [0.1, 0.15) is 5.82 Å². The zero-order valence-corrected chi connectivity index (χ0v) is 20.9. The molecule has 1 fully saturated rings. The van der Waals surface area contributed by atoms with Crippen LogP contribution in [0.25, 0.3) is 20.7 Å². The van der Waals surface area contributed by atoms with E-state index in [1.807, 2.05) is 22.9 Å². The summed E-state index contributed by atoms with van der Waals surface area (Å²) in [4.78, 5) is 37.0. The number of amides is 1. The summed E-state index contributed by atoms with van der Waals surface area (Å²) in [5, 5.41) is 4.41. The second kappa shape index (κ2) is 10.4. The fourth-order valence-corrected chi connectivity index (χ4v) is 6.06. The van der Waals surface area contributed by atoms with Crippen LogP contribution in [0.3, 0.4) is 0 Å². The van der Waals surface area contributed by atoms with Gasteiger partial charge in [0.2, 0.25) is 5.91 Å². The standard InChI is InChI=1S/C25H25FN4O3S2/c1-17-27-24-23(18(16-35-24)21-7-4-14-34-21)25(32)30(17)15-22(31)29(20-6-3-2-5-19(20)26)9-8-28-10-12-33-13-11-28/h2-7,14,16H,8-13,15H2,1H3. The third-order valence-corrected chi connectivity index (χ3v) is 7.93. The smallest absolute Gasteiger partial charge is 0.263 e. The molecule has 0 unspecified atom stereocenters. The molecule has 1 aromatic carbocycles. The normalized spacial score (nSPS) is 14.5. The summed E-state index contributed by atoms with van der Waals surface area (Å²) in [6, 6.07) is 10.1. The highest BCUT2D eigenvalue weighted by atomic mass is 32.1. The van der Waals surface area contributed by atoms with Crippen molar-refractivity contribution < 1.29 is 13.9 Å². The van der Waals surface area contributed by atoms with E-state index in [0.717, 1.165) is 23.5 Å². The van der Waals surface area contributed by atoms with Crippen LogP contribution in [0.4, 0.5) is 10.1 Å². The zero-order chi connectivity index (χ0) is 24.4. The molecule has 0 atom stereocenters. The van der Waals surface area contributed by atoms with Crippen LogP contribution in [-0.4, -0.2) is 59.8 Å². The number of para-hydroxylation sites is 1. The maximum absolute atomic E-state index is 14.7. The van der Waals surface area contributed by atoms with E-state index in [1.54, 1.807) is 36.5 Å². The Kier molecular flexibility index (Phi) is 7.05. The molecule has 4 aromatic rings. The molecule has 1 amide bonds. The number of hydrogen-bond acceptors (Lipinski definition) is 7. The summed E-state index contributed by atoms with van der Waals surface area (Å²) in [7, 11) is 0. The lowest BCUT2D eigenvalue weighted by Crippen LogP contribution is -2.45. The number of ether oxygens (including phenoxy) is 1. The van der Waals surface area contributed by atoms with Gasteiger partial charge in [-0.1, -0.05) is 18.2 Å². The van der Waals surface area contributed by atoms with E-state index < -0.39 is 5.82 Å². The first kappa shape index (κ1) is 23.8. The minimum Gasteiger partial charge on any atom is -0.379 e. The molecule has 182 valence electrons. The lowest BCUT2D eigenvalue weighted by Gasteiger charge is -2.30. The molecule has 35 heavy (non-hydrogen) atoms. The molecule has 0 bridgehead atoms. The second-order valence-corrected chi connectivity index (χ2v) is 10.1. The maximum atomic E-state index is 14.7. The first-order chi connectivity index (χ1) is 17.0. The Labute approximate surface area is 210 Å². The minimum absolute atomic E-state index is 0.209. The summed E-state index contributed by atoms with van der Waals surface area (Å²) >= 11 is 2.97. The summed E-state index contributed by atoms with van der Waals surface area (Å²) in [6.45, 7) is 5.21. The van der Waals surface area contributed by atoms with E-state index in [4.69, 9.17) is 4.74 Å². The van der Waals surface area contributed by atoms with Crippen molar-refractivity contribution in [3.8, 4) is 10.4 Å². The van der Waals surface area contributed by atoms with E-state index in [2.05, 4.69) is 9.88 Å². The van der Waals surface area contributed by atoms with Crippen molar-refractivity contribution in [1.82, 2.24) is 14.5 Å². The SMILES string of the molecule is Cc1nc2scc(-c3cccs3)c2c(=O)n1CC(=O)N(CCN1CCOCC1)c1ccccc1F. The number of carbonyl (C=O) groups is 1. The molecule has 3 aromatic heterocycles. The van der Waals surface area contributed by atoms with Gasteiger partial charge in [-0.2, -0.15) is 0 Å². The Morgan fingerprint density at radius 2 is 1.97 bits per heavy atom. The lowest BCUT2D eigenvalue weighted by molar-refractivity contribution is -0.119. The number of hydrogen-bond donors (Lipinski definition) is 0. The molecular formula is C25H25FN4O3S2. The molecule has 0 aliphatic carbocycles. The second-order valence-electron chi connectivity index (χ2n) is 8.31. The molecule has 0 saturated carbocycles. The van der Waals surface area contributed by atoms with Crippen LogP contribution in [0.15, 0.2) is 52.0 Å². The fraction of sp³-hybridized carbons (Fsp3) is 0.320. The highest BCUT2D eigenvalue weighted by Gasteiger charge is 2.24. The molecular weight excluding hydrogens is 487 g/mol. The third-order valence-electron chi connectivity index (χ3n) is 6.15. The van der Waals surface area contributed by atoms with Gasteiger partial charge in [0.15, 0.2) is 0 Å². The number of carbonyl (C=O) groups excluding carboxylic acids is 1. The van der Waals surface area contributed by atoms with Crippen molar-refractivity contribution in [2.45, 2.75) is 13.5 Å². The van der Waals surface area contributed by atoms with Crippen molar-refractivity contribution in [1.29, 1.82) is 0 Å². The van der Waals surface area contributed by atoms with Gasteiger partial charge in [0.1, 0.15) is 23.0 Å². The van der Waals surface area contributed by atoms with Gasteiger partial charge in [0.25, 0.3) is 5.56 Å². The molecule has 0 N–H and O–H groups in total. The molecule has 1 aliphatic rings. The number of aromatic nitrogens is 2. The Balaban J connectivity index is 1.47. The number of thiophene rings is 2. The average Bonchev–Trinajstić information content (AvgIpc) is 3.54. The molecule has 7 nitrogen and oxygen atoms in total. The van der Waals surface area contributed by atoms with Gasteiger partial charge in [-0.15, -0.1) is 22.7 Å². The number of halogens is 1. The van der Waals surface area contributed by atoms with Gasteiger partial charge in [0, 0.05) is 42.0 Å². The number of rotatable bonds is 7. The third kappa shape index (κ3) is 4.92. The van der Waals surface area contributed by atoms with E-state index >= 15 is 0 Å². The summed E-state index contributed by atoms with van der Waals surface area (Å²) in [5.74, 6) is -0.377. The number of nitrogens with zero attached hydrogens (tertiary/aromatic N) is 4. The van der Waals surface area contributed by atoms with Crippen molar-refractivity contribution in [2.24, 2.45) is 0 Å². The van der Waals surface area contributed by atoms with Crippen LogP contribution in [0, 0.1) is 12.7 Å². The molecule has 1 saturated heterocycles. The van der Waals surface area contributed by atoms with Gasteiger partial charge >= 0.3 is 0 Å². The fourth-order valence-electron chi connectivity index (χ4n) is 4.26. The van der Waals surface area contributed by atoms with Gasteiger partial charge in [0.05, 0.1) is 24.3 Å². The number of benzene rings is 1. The highest BCUT2D eigenvalue weighted by molar-refractivity contribution is 7.18. The van der Waals surface area contributed by atoms with Crippen LogP contribution in [-0.2, 0) is 16.1 Å². The largest absolute Gasteiger partial charge is 0.379 e. The highest BCUT2D eigenvalue weighted by Crippen LogP contribution is 2.33. The van der Waals surface area contributed by atoms with Crippen molar-refractivity contribution in [3.05, 3.63) is 69.2 Å². The Morgan fingerprint density at radius 1 is 1.17 bits per heavy atom. The predicted molar refractivity (Wildman–Crippen MR) is 138 cm³/mol. The van der Waals surface area contributed by atoms with E-state index in [0.29, 0.717) is 42.3 Å². The maximum Gasteiger partial charge on any atom is 0.263 e. The number of aryl methyl sites for hydroxylation is 1. The first-order valence-electron chi connectivity index (χ1n) is 11.4. The summed E-state index contributed by atoms with van der Waals surface area (Å²) in [5.41, 5.74) is 0.782. The van der Waals surface area contributed by atoms with Gasteiger partial charge < -0.3 is 9.64 Å².